The van der Waals surface area contributed by atoms with E-state index in [1.54, 1.807) is 36.7 Å². The van der Waals surface area contributed by atoms with Gasteiger partial charge in [0.05, 0.1) is 18.6 Å². The highest BCUT2D eigenvalue weighted by Crippen LogP contribution is 2.27. The Morgan fingerprint density at radius 2 is 1.90 bits per heavy atom. The number of amides is 2. The fourth-order valence-electron chi connectivity index (χ4n) is 2.99. The van der Waals surface area contributed by atoms with Gasteiger partial charge < -0.3 is 20.3 Å². The second-order valence-corrected chi connectivity index (χ2v) is 9.00. The number of methoxy groups -OCH3 is 1. The monoisotopic (exact) mass is 454 g/mol. The fourth-order valence-corrected chi connectivity index (χ4v) is 4.50. The van der Waals surface area contributed by atoms with Gasteiger partial charge in [0.25, 0.3) is 0 Å². The minimum Gasteiger partial charge on any atom is -0.495 e. The molecule has 0 unspecified atom stereocenters. The molecule has 0 spiro atoms. The van der Waals surface area contributed by atoms with Crippen LogP contribution in [0.15, 0.2) is 36.7 Å². The minimum atomic E-state index is -3.50. The van der Waals surface area contributed by atoms with Crippen molar-refractivity contribution in [3.63, 3.8) is 0 Å². The molecule has 1 aliphatic rings. The summed E-state index contributed by atoms with van der Waals surface area (Å²) in [5.74, 6) is 0.835. The van der Waals surface area contributed by atoms with E-state index in [2.05, 4.69) is 20.6 Å². The molecule has 0 saturated carbocycles. The number of hydrogen-bond donors (Lipinski definition) is 2. The molecule has 1 saturated heterocycles. The van der Waals surface area contributed by atoms with Crippen molar-refractivity contribution in [1.29, 1.82) is 0 Å². The molecule has 2 heterocycles. The van der Waals surface area contributed by atoms with Crippen LogP contribution in [0, 0.1) is 0 Å². The van der Waals surface area contributed by atoms with Crippen LogP contribution in [-0.2, 0) is 10.0 Å². The predicted octanol–water partition coefficient (Wildman–Crippen LogP) is 1.41. The number of sulfonamides is 1. The van der Waals surface area contributed by atoms with Gasteiger partial charge >= 0.3 is 6.03 Å². The van der Waals surface area contributed by atoms with Crippen LogP contribution in [0.2, 0.25) is 5.02 Å². The van der Waals surface area contributed by atoms with Crippen LogP contribution in [0.3, 0.4) is 0 Å². The largest absolute Gasteiger partial charge is 0.495 e. The molecule has 2 aromatic rings. The van der Waals surface area contributed by atoms with E-state index in [4.69, 9.17) is 16.3 Å². The summed E-state index contributed by atoms with van der Waals surface area (Å²) in [6, 6.07) is 6.00. The summed E-state index contributed by atoms with van der Waals surface area (Å²) in [7, 11) is -2.02. The van der Waals surface area contributed by atoms with Gasteiger partial charge in [-0.2, -0.15) is 4.31 Å². The highest BCUT2D eigenvalue weighted by molar-refractivity contribution is 7.89. The number of carbonyl (C=O) groups excluding carboxylic acids is 1. The van der Waals surface area contributed by atoms with E-state index >= 15 is 0 Å². The average molecular weight is 455 g/mol. The van der Waals surface area contributed by atoms with Gasteiger partial charge in [-0.15, -0.1) is 0 Å². The topological polar surface area (TPSA) is 117 Å². The van der Waals surface area contributed by atoms with Gasteiger partial charge in [-0.25, -0.2) is 23.2 Å². The highest BCUT2D eigenvalue weighted by atomic mass is 35.5. The number of benzene rings is 1. The molecule has 0 radical (unpaired) electrons. The first-order valence-electron chi connectivity index (χ1n) is 9.27. The molecular formula is C18H23ClN6O4S. The summed E-state index contributed by atoms with van der Waals surface area (Å²) in [5, 5.41) is 5.59. The van der Waals surface area contributed by atoms with Crippen LogP contribution in [0.5, 0.6) is 5.75 Å². The lowest BCUT2D eigenvalue weighted by atomic mass is 10.3. The van der Waals surface area contributed by atoms with E-state index in [1.165, 1.54) is 11.4 Å². The Kier molecular flexibility index (Phi) is 7.29. The quantitative estimate of drug-likeness (QED) is 0.649. The molecule has 0 aliphatic carbocycles. The molecule has 30 heavy (non-hydrogen) atoms. The number of ether oxygens (including phenoxy) is 1. The van der Waals surface area contributed by atoms with Gasteiger partial charge in [-0.3, -0.25) is 0 Å². The molecule has 2 N–H and O–H groups in total. The Labute approximate surface area is 180 Å². The maximum absolute atomic E-state index is 12.6. The Bertz CT molecular complexity index is 968. The van der Waals surface area contributed by atoms with Crippen molar-refractivity contribution in [3.05, 3.63) is 41.7 Å². The number of rotatable bonds is 7. The summed E-state index contributed by atoms with van der Waals surface area (Å²) in [6.45, 7) is 1.66. The number of nitrogens with one attached hydrogen (secondary N) is 2. The van der Waals surface area contributed by atoms with Crippen LogP contribution < -0.4 is 20.3 Å². The Hall–Kier alpha value is -2.63. The second kappa shape index (κ2) is 9.92. The van der Waals surface area contributed by atoms with Crippen LogP contribution >= 0.6 is 11.6 Å². The summed E-state index contributed by atoms with van der Waals surface area (Å²) in [4.78, 5) is 22.4. The molecule has 0 atom stereocenters. The van der Waals surface area contributed by atoms with Crippen LogP contribution in [0.1, 0.15) is 0 Å². The first-order valence-corrected chi connectivity index (χ1v) is 11.3. The van der Waals surface area contributed by atoms with Crippen molar-refractivity contribution in [2.24, 2.45) is 0 Å². The van der Waals surface area contributed by atoms with Crippen molar-refractivity contribution >= 4 is 39.3 Å². The van der Waals surface area contributed by atoms with E-state index in [-0.39, 0.29) is 12.3 Å². The summed E-state index contributed by atoms with van der Waals surface area (Å²) in [6.07, 6.45) is 3.31. The lowest BCUT2D eigenvalue weighted by Crippen LogP contribution is -2.50. The van der Waals surface area contributed by atoms with Crippen molar-refractivity contribution < 1.29 is 17.9 Å². The molecule has 1 aliphatic heterocycles. The second-order valence-electron chi connectivity index (χ2n) is 6.48. The number of carbonyl (C=O) groups is 1. The van der Waals surface area contributed by atoms with Gasteiger partial charge in [0, 0.05) is 50.1 Å². The zero-order valence-electron chi connectivity index (χ0n) is 16.4. The third-order valence-corrected chi connectivity index (χ3v) is 6.63. The van der Waals surface area contributed by atoms with Gasteiger partial charge in [0.15, 0.2) is 0 Å². The molecule has 12 heteroatoms. The van der Waals surface area contributed by atoms with E-state index in [0.29, 0.717) is 48.6 Å². The first kappa shape index (κ1) is 22.1. The molecule has 10 nitrogen and oxygen atoms in total. The number of aromatic nitrogens is 2. The van der Waals surface area contributed by atoms with Gasteiger partial charge in [-0.1, -0.05) is 11.6 Å². The number of hydrogen-bond acceptors (Lipinski definition) is 7. The normalized spacial score (nSPS) is 14.9. The fraction of sp³-hybridized carbons (Fsp3) is 0.389. The van der Waals surface area contributed by atoms with Gasteiger partial charge in [0.1, 0.15) is 5.75 Å². The average Bonchev–Trinajstić information content (AvgIpc) is 2.74. The van der Waals surface area contributed by atoms with Crippen molar-refractivity contribution in [3.8, 4) is 5.75 Å². The smallest absolute Gasteiger partial charge is 0.319 e. The Morgan fingerprint density at radius 1 is 1.20 bits per heavy atom. The predicted molar refractivity (Wildman–Crippen MR) is 115 cm³/mol. The molecule has 1 aromatic heterocycles. The lowest BCUT2D eigenvalue weighted by Gasteiger charge is -2.33. The minimum absolute atomic E-state index is 0.0287. The van der Waals surface area contributed by atoms with Crippen molar-refractivity contribution in [1.82, 2.24) is 19.6 Å². The zero-order valence-corrected chi connectivity index (χ0v) is 18.0. The van der Waals surface area contributed by atoms with Crippen LogP contribution in [-0.4, -0.2) is 74.3 Å². The number of piperazine rings is 1. The van der Waals surface area contributed by atoms with Crippen molar-refractivity contribution in [2.75, 3.05) is 55.8 Å². The summed E-state index contributed by atoms with van der Waals surface area (Å²) < 4.78 is 31.7. The number of urea groups is 1. The molecular weight excluding hydrogens is 432 g/mol. The third kappa shape index (κ3) is 5.71. The Morgan fingerprint density at radius 3 is 2.57 bits per heavy atom. The molecule has 1 aromatic carbocycles. The number of nitrogens with zero attached hydrogens (tertiary/aromatic N) is 4. The van der Waals surface area contributed by atoms with Crippen molar-refractivity contribution in [2.45, 2.75) is 0 Å². The van der Waals surface area contributed by atoms with E-state index in [9.17, 15) is 13.2 Å². The van der Waals surface area contributed by atoms with Gasteiger partial charge in [0.2, 0.25) is 16.0 Å². The van der Waals surface area contributed by atoms with Gasteiger partial charge in [-0.05, 0) is 24.3 Å². The highest BCUT2D eigenvalue weighted by Gasteiger charge is 2.27. The van der Waals surface area contributed by atoms with E-state index in [0.717, 1.165) is 0 Å². The maximum Gasteiger partial charge on any atom is 0.319 e. The van der Waals surface area contributed by atoms with Crippen LogP contribution in [0.4, 0.5) is 16.4 Å². The standard InChI is InChI=1S/C18H23ClN6O4S/c1-29-16-4-3-14(19)13-15(16)23-18(26)22-7-12-30(27,28)25-10-8-24(9-11-25)17-20-5-2-6-21-17/h2-6,13H,7-12H2,1H3,(H2,22,23,26). The third-order valence-electron chi connectivity index (χ3n) is 4.52. The lowest BCUT2D eigenvalue weighted by molar-refractivity contribution is 0.252. The van der Waals surface area contributed by atoms with Crippen LogP contribution in [0.25, 0.3) is 0 Å². The molecule has 1 fully saturated rings. The van der Waals surface area contributed by atoms with E-state index < -0.39 is 16.1 Å². The van der Waals surface area contributed by atoms with E-state index in [1.807, 2.05) is 4.90 Å². The SMILES string of the molecule is COc1ccc(Cl)cc1NC(=O)NCCS(=O)(=O)N1CCN(c2ncccn2)CC1. The maximum atomic E-state index is 12.6. The Balaban J connectivity index is 1.46. The number of anilines is 2. The summed E-state index contributed by atoms with van der Waals surface area (Å²) >= 11 is 5.93. The molecule has 162 valence electrons. The molecule has 0 bridgehead atoms. The summed E-state index contributed by atoms with van der Waals surface area (Å²) in [5.41, 5.74) is 0.393. The molecule has 3 rings (SSSR count). The molecule has 2 amide bonds. The zero-order chi connectivity index (χ0) is 21.6. The number of halogens is 1. The first-order chi connectivity index (χ1) is 14.4.